The third-order valence-corrected chi connectivity index (χ3v) is 4.11. The number of likely N-dealkylation sites (tertiary alicyclic amines) is 1. The van der Waals surface area contributed by atoms with Crippen LogP contribution in [0.3, 0.4) is 0 Å². The minimum atomic E-state index is -0.547. The van der Waals surface area contributed by atoms with E-state index >= 15 is 0 Å². The first kappa shape index (κ1) is 21.0. The van der Waals surface area contributed by atoms with Gasteiger partial charge in [0.05, 0.1) is 18.7 Å². The van der Waals surface area contributed by atoms with Gasteiger partial charge in [0, 0.05) is 13.2 Å². The number of carbonyl (C=O) groups is 2. The molecular formula is C20H30N2O5. The average Bonchev–Trinajstić information content (AvgIpc) is 2.61. The molecule has 1 N–H and O–H groups in total. The van der Waals surface area contributed by atoms with E-state index in [1.807, 2.05) is 58.0 Å². The highest BCUT2D eigenvalue weighted by Gasteiger charge is 2.35. The van der Waals surface area contributed by atoms with Crippen molar-refractivity contribution in [3.63, 3.8) is 0 Å². The van der Waals surface area contributed by atoms with E-state index in [1.165, 1.54) is 0 Å². The molecule has 1 aliphatic rings. The number of alkyl carbamates (subject to hydrolysis) is 1. The van der Waals surface area contributed by atoms with Crippen LogP contribution in [0.25, 0.3) is 0 Å². The van der Waals surface area contributed by atoms with Crippen molar-refractivity contribution >= 4 is 12.2 Å². The van der Waals surface area contributed by atoms with Gasteiger partial charge >= 0.3 is 12.2 Å². The Kier molecular flexibility index (Phi) is 7.47. The van der Waals surface area contributed by atoms with Crippen LogP contribution in [0, 0.1) is 0 Å². The highest BCUT2D eigenvalue weighted by molar-refractivity contribution is 5.69. The molecule has 0 aromatic heterocycles. The molecule has 1 aromatic rings. The van der Waals surface area contributed by atoms with Crippen LogP contribution >= 0.6 is 0 Å². The van der Waals surface area contributed by atoms with Gasteiger partial charge in [0.15, 0.2) is 0 Å². The molecule has 2 atom stereocenters. The lowest BCUT2D eigenvalue weighted by atomic mass is 10.0. The maximum absolute atomic E-state index is 12.3. The number of nitrogens with zero attached hydrogens (tertiary/aromatic N) is 1. The quantitative estimate of drug-likeness (QED) is 0.850. The van der Waals surface area contributed by atoms with Gasteiger partial charge in [-0.1, -0.05) is 30.3 Å². The second kappa shape index (κ2) is 9.60. The van der Waals surface area contributed by atoms with E-state index in [9.17, 15) is 9.59 Å². The largest absolute Gasteiger partial charge is 0.445 e. The number of piperidine rings is 1. The Morgan fingerprint density at radius 3 is 2.56 bits per heavy atom. The van der Waals surface area contributed by atoms with Crippen LogP contribution < -0.4 is 5.32 Å². The van der Waals surface area contributed by atoms with E-state index in [0.717, 1.165) is 5.56 Å². The molecule has 2 amide bonds. The molecule has 1 saturated heterocycles. The predicted molar refractivity (Wildman–Crippen MR) is 101 cm³/mol. The molecule has 1 aromatic carbocycles. The minimum absolute atomic E-state index is 0.211. The third-order valence-electron chi connectivity index (χ3n) is 4.11. The summed E-state index contributed by atoms with van der Waals surface area (Å²) in [5.74, 6) is 0. The van der Waals surface area contributed by atoms with Crippen molar-refractivity contribution in [2.24, 2.45) is 0 Å². The smallest absolute Gasteiger partial charge is 0.410 e. The van der Waals surface area contributed by atoms with Gasteiger partial charge in [-0.3, -0.25) is 0 Å². The van der Waals surface area contributed by atoms with Crippen molar-refractivity contribution in [3.05, 3.63) is 35.9 Å². The summed E-state index contributed by atoms with van der Waals surface area (Å²) in [6.07, 6.45) is -0.582. The number of nitrogens with one attached hydrogen (secondary N) is 1. The SMILES string of the molecule is CCOC1CN(C(=O)OC(C)(C)C)CCC1NC(=O)OCc1ccccc1. The third kappa shape index (κ3) is 7.09. The monoisotopic (exact) mass is 378 g/mol. The van der Waals surface area contributed by atoms with E-state index in [4.69, 9.17) is 14.2 Å². The van der Waals surface area contributed by atoms with Gasteiger partial charge < -0.3 is 24.4 Å². The summed E-state index contributed by atoms with van der Waals surface area (Å²) in [5, 5.41) is 2.87. The Balaban J connectivity index is 1.87. The maximum atomic E-state index is 12.3. The average molecular weight is 378 g/mol. The van der Waals surface area contributed by atoms with Crippen molar-refractivity contribution in [2.45, 2.75) is 58.5 Å². The summed E-state index contributed by atoms with van der Waals surface area (Å²) in [6.45, 7) is 8.95. The van der Waals surface area contributed by atoms with Gasteiger partial charge in [-0.25, -0.2) is 9.59 Å². The van der Waals surface area contributed by atoms with Gasteiger partial charge in [0.2, 0.25) is 0 Å². The van der Waals surface area contributed by atoms with Crippen LogP contribution in [-0.4, -0.2) is 54.5 Å². The van der Waals surface area contributed by atoms with E-state index < -0.39 is 11.7 Å². The van der Waals surface area contributed by atoms with Crippen LogP contribution in [0.1, 0.15) is 39.7 Å². The highest BCUT2D eigenvalue weighted by atomic mass is 16.6. The van der Waals surface area contributed by atoms with Gasteiger partial charge in [-0.2, -0.15) is 0 Å². The lowest BCUT2D eigenvalue weighted by Crippen LogP contribution is -2.56. The molecule has 27 heavy (non-hydrogen) atoms. The Bertz CT molecular complexity index is 615. The second-order valence-electron chi connectivity index (χ2n) is 7.52. The van der Waals surface area contributed by atoms with Crippen LogP contribution in [0.5, 0.6) is 0 Å². The first-order chi connectivity index (χ1) is 12.8. The summed E-state index contributed by atoms with van der Waals surface area (Å²) < 4.78 is 16.5. The van der Waals surface area contributed by atoms with Crippen LogP contribution in [0.4, 0.5) is 9.59 Å². The number of hydrogen-bond acceptors (Lipinski definition) is 5. The van der Waals surface area contributed by atoms with Gasteiger partial charge in [-0.15, -0.1) is 0 Å². The molecule has 0 saturated carbocycles. The Hall–Kier alpha value is -2.28. The van der Waals surface area contributed by atoms with E-state index in [2.05, 4.69) is 5.32 Å². The molecule has 2 unspecified atom stereocenters. The zero-order chi connectivity index (χ0) is 19.9. The summed E-state index contributed by atoms with van der Waals surface area (Å²) in [7, 11) is 0. The molecule has 2 rings (SSSR count). The summed E-state index contributed by atoms with van der Waals surface area (Å²) in [4.78, 5) is 26.1. The Morgan fingerprint density at radius 2 is 1.93 bits per heavy atom. The highest BCUT2D eigenvalue weighted by Crippen LogP contribution is 2.18. The van der Waals surface area contributed by atoms with Crippen LogP contribution in [-0.2, 0) is 20.8 Å². The van der Waals surface area contributed by atoms with Gasteiger partial charge in [0.25, 0.3) is 0 Å². The van der Waals surface area contributed by atoms with Crippen LogP contribution in [0.2, 0.25) is 0 Å². The van der Waals surface area contributed by atoms with Crippen LogP contribution in [0.15, 0.2) is 30.3 Å². The van der Waals surface area contributed by atoms with Crippen molar-refractivity contribution in [1.82, 2.24) is 10.2 Å². The number of hydrogen-bond donors (Lipinski definition) is 1. The van der Waals surface area contributed by atoms with Gasteiger partial charge in [-0.05, 0) is 39.7 Å². The fourth-order valence-corrected chi connectivity index (χ4v) is 2.87. The van der Waals surface area contributed by atoms with Crippen molar-refractivity contribution < 1.29 is 23.8 Å². The number of benzene rings is 1. The van der Waals surface area contributed by atoms with Crippen molar-refractivity contribution in [2.75, 3.05) is 19.7 Å². The Labute approximate surface area is 161 Å². The Morgan fingerprint density at radius 1 is 1.22 bits per heavy atom. The minimum Gasteiger partial charge on any atom is -0.445 e. The molecule has 1 heterocycles. The molecule has 0 radical (unpaired) electrons. The predicted octanol–water partition coefficient (Wildman–Crippen LogP) is 3.33. The summed E-state index contributed by atoms with van der Waals surface area (Å²) in [5.41, 5.74) is 0.378. The van der Waals surface area contributed by atoms with E-state index in [-0.39, 0.29) is 24.8 Å². The zero-order valence-electron chi connectivity index (χ0n) is 16.6. The second-order valence-corrected chi connectivity index (χ2v) is 7.52. The molecule has 7 heteroatoms. The van der Waals surface area contributed by atoms with E-state index in [1.54, 1.807) is 4.90 Å². The molecule has 0 aliphatic carbocycles. The van der Waals surface area contributed by atoms with Crippen molar-refractivity contribution in [3.8, 4) is 0 Å². The van der Waals surface area contributed by atoms with E-state index in [0.29, 0.717) is 26.1 Å². The lowest BCUT2D eigenvalue weighted by molar-refractivity contribution is -0.0307. The molecule has 150 valence electrons. The topological polar surface area (TPSA) is 77.1 Å². The fourth-order valence-electron chi connectivity index (χ4n) is 2.87. The molecule has 7 nitrogen and oxygen atoms in total. The number of rotatable bonds is 5. The molecule has 1 aliphatic heterocycles. The lowest BCUT2D eigenvalue weighted by Gasteiger charge is -2.38. The normalized spacial score (nSPS) is 20.1. The molecule has 1 fully saturated rings. The maximum Gasteiger partial charge on any atom is 0.410 e. The molecular weight excluding hydrogens is 348 g/mol. The number of amides is 2. The number of ether oxygens (including phenoxy) is 3. The molecule has 0 spiro atoms. The summed E-state index contributed by atoms with van der Waals surface area (Å²) in [6, 6.07) is 9.29. The first-order valence-electron chi connectivity index (χ1n) is 9.35. The standard InChI is InChI=1S/C20H30N2O5/c1-5-25-17-13-22(19(24)27-20(2,3)4)12-11-16(17)21-18(23)26-14-15-9-7-6-8-10-15/h6-10,16-17H,5,11-14H2,1-4H3,(H,21,23). The molecule has 0 bridgehead atoms. The first-order valence-corrected chi connectivity index (χ1v) is 9.35. The van der Waals surface area contributed by atoms with Gasteiger partial charge in [0.1, 0.15) is 12.2 Å². The summed E-state index contributed by atoms with van der Waals surface area (Å²) >= 11 is 0. The number of carbonyl (C=O) groups excluding carboxylic acids is 2. The van der Waals surface area contributed by atoms with Crippen molar-refractivity contribution in [1.29, 1.82) is 0 Å². The zero-order valence-corrected chi connectivity index (χ0v) is 16.6. The fraction of sp³-hybridized carbons (Fsp3) is 0.600.